The molecule has 1 aromatic heterocycles. The van der Waals surface area contributed by atoms with Gasteiger partial charge in [0.05, 0.1) is 23.2 Å². The molecule has 6 nitrogen and oxygen atoms in total. The Morgan fingerprint density at radius 2 is 1.97 bits per heavy atom. The number of carbonyl (C=O) groups is 2. The molecule has 3 fully saturated rings. The number of carboxylic acid groups (broad SMARTS) is 1. The summed E-state index contributed by atoms with van der Waals surface area (Å²) in [5.74, 6) is -2.10. The van der Waals surface area contributed by atoms with Gasteiger partial charge in [0.2, 0.25) is 0 Å². The molecule has 1 amide bonds. The third-order valence-corrected chi connectivity index (χ3v) is 6.96. The molecule has 1 aromatic rings. The SMILES string of the molecule is O=C(N1CC2(CC(OCc3ccccn3)CS2)C1)C1(F)CCC1.O=C(O)C(F)(F)F. The zero-order valence-corrected chi connectivity index (χ0v) is 16.8. The first kappa shape index (κ1) is 22.8. The van der Waals surface area contributed by atoms with Crippen molar-refractivity contribution in [2.24, 2.45) is 0 Å². The summed E-state index contributed by atoms with van der Waals surface area (Å²) in [6, 6.07) is 5.81. The van der Waals surface area contributed by atoms with Crippen molar-refractivity contribution in [1.82, 2.24) is 9.88 Å². The van der Waals surface area contributed by atoms with Crippen LogP contribution in [0, 0.1) is 0 Å². The Balaban J connectivity index is 0.000000318. The van der Waals surface area contributed by atoms with Crippen LogP contribution in [0.3, 0.4) is 0 Å². The zero-order valence-electron chi connectivity index (χ0n) is 16.0. The number of amides is 1. The lowest BCUT2D eigenvalue weighted by Gasteiger charge is -2.50. The Kier molecular flexibility index (Phi) is 6.61. The van der Waals surface area contributed by atoms with Crippen molar-refractivity contribution < 1.29 is 37.0 Å². The predicted molar refractivity (Wildman–Crippen MR) is 101 cm³/mol. The molecule has 166 valence electrons. The maximum absolute atomic E-state index is 14.2. The van der Waals surface area contributed by atoms with Crippen LogP contribution in [-0.2, 0) is 20.9 Å². The Morgan fingerprint density at radius 3 is 2.47 bits per heavy atom. The van der Waals surface area contributed by atoms with E-state index in [1.54, 1.807) is 11.1 Å². The van der Waals surface area contributed by atoms with E-state index in [0.29, 0.717) is 32.5 Å². The van der Waals surface area contributed by atoms with E-state index in [1.165, 1.54) is 0 Å². The smallest absolute Gasteiger partial charge is 0.475 e. The standard InChI is InChI=1S/C17H21FN2O2S.C2HF3O2/c18-17(5-3-6-17)15(21)20-11-16(12-20)8-14(10-23-16)22-9-13-4-1-2-7-19-13;3-2(4,5)1(6)7/h1-2,4,7,14H,3,5-6,8-12H2;(H,6,7). The fourth-order valence-electron chi connectivity index (χ4n) is 3.59. The number of halogens is 4. The van der Waals surface area contributed by atoms with Crippen LogP contribution in [0.4, 0.5) is 17.6 Å². The fraction of sp³-hybridized carbons (Fsp3) is 0.632. The van der Waals surface area contributed by atoms with E-state index in [4.69, 9.17) is 14.6 Å². The van der Waals surface area contributed by atoms with Crippen molar-refractivity contribution in [2.45, 2.75) is 55.0 Å². The van der Waals surface area contributed by atoms with Gasteiger partial charge in [0, 0.05) is 25.0 Å². The van der Waals surface area contributed by atoms with Crippen molar-refractivity contribution in [2.75, 3.05) is 18.8 Å². The van der Waals surface area contributed by atoms with E-state index in [2.05, 4.69) is 4.98 Å². The number of pyridine rings is 1. The average molecular weight is 450 g/mol. The number of ether oxygens (including phenoxy) is 1. The first-order valence-electron chi connectivity index (χ1n) is 9.47. The molecule has 0 radical (unpaired) electrons. The van der Waals surface area contributed by atoms with Gasteiger partial charge in [0.1, 0.15) is 0 Å². The molecule has 3 aliphatic rings. The van der Waals surface area contributed by atoms with Crippen LogP contribution in [-0.4, -0.2) is 68.4 Å². The van der Waals surface area contributed by atoms with E-state index in [1.807, 2.05) is 30.0 Å². The van der Waals surface area contributed by atoms with E-state index in [0.717, 1.165) is 24.3 Å². The summed E-state index contributed by atoms with van der Waals surface area (Å²) < 4.78 is 52.0. The summed E-state index contributed by atoms with van der Waals surface area (Å²) in [5, 5.41) is 7.12. The van der Waals surface area contributed by atoms with Gasteiger partial charge in [-0.05, 0) is 37.8 Å². The Labute approximate surface area is 175 Å². The number of aliphatic carboxylic acids is 1. The molecule has 4 rings (SSSR count). The van der Waals surface area contributed by atoms with Crippen molar-refractivity contribution >= 4 is 23.6 Å². The molecule has 2 saturated heterocycles. The summed E-state index contributed by atoms with van der Waals surface area (Å²) in [7, 11) is 0. The number of aromatic nitrogens is 1. The highest BCUT2D eigenvalue weighted by Crippen LogP contribution is 2.48. The molecule has 1 spiro atoms. The molecule has 1 saturated carbocycles. The van der Waals surface area contributed by atoms with Gasteiger partial charge in [-0.15, -0.1) is 11.8 Å². The lowest BCUT2D eigenvalue weighted by atomic mass is 9.79. The second kappa shape index (κ2) is 8.70. The maximum atomic E-state index is 14.2. The summed E-state index contributed by atoms with van der Waals surface area (Å²) in [4.78, 5) is 27.0. The Bertz CT molecular complexity index is 768. The van der Waals surface area contributed by atoms with E-state index < -0.39 is 17.8 Å². The van der Waals surface area contributed by atoms with Gasteiger partial charge in [-0.2, -0.15) is 13.2 Å². The maximum Gasteiger partial charge on any atom is 0.490 e. The number of hydrogen-bond donors (Lipinski definition) is 1. The molecule has 1 N–H and O–H groups in total. The lowest BCUT2D eigenvalue weighted by Crippen LogP contribution is -2.65. The molecule has 11 heteroatoms. The van der Waals surface area contributed by atoms with Gasteiger partial charge in [-0.25, -0.2) is 9.18 Å². The van der Waals surface area contributed by atoms with Crippen molar-refractivity contribution in [3.05, 3.63) is 30.1 Å². The van der Waals surface area contributed by atoms with Crippen LogP contribution in [0.5, 0.6) is 0 Å². The minimum Gasteiger partial charge on any atom is -0.475 e. The number of hydrogen-bond acceptors (Lipinski definition) is 5. The minimum atomic E-state index is -5.08. The number of nitrogens with zero attached hydrogens (tertiary/aromatic N) is 2. The fourth-order valence-corrected chi connectivity index (χ4v) is 5.15. The zero-order chi connectivity index (χ0) is 22.0. The third-order valence-electron chi connectivity index (χ3n) is 5.39. The van der Waals surface area contributed by atoms with Crippen LogP contribution in [0.1, 0.15) is 31.4 Å². The molecule has 1 aliphatic carbocycles. The number of carboxylic acids is 1. The molecule has 30 heavy (non-hydrogen) atoms. The van der Waals surface area contributed by atoms with Gasteiger partial charge >= 0.3 is 12.1 Å². The highest BCUT2D eigenvalue weighted by molar-refractivity contribution is 8.01. The molecule has 1 atom stereocenters. The number of thioether (sulfide) groups is 1. The van der Waals surface area contributed by atoms with Crippen LogP contribution in [0.25, 0.3) is 0 Å². The second-order valence-corrected chi connectivity index (χ2v) is 9.22. The lowest BCUT2D eigenvalue weighted by molar-refractivity contribution is -0.192. The molecule has 0 aromatic carbocycles. The Hall–Kier alpha value is -1.88. The molecule has 1 unspecified atom stereocenters. The first-order chi connectivity index (χ1) is 14.0. The number of rotatable bonds is 4. The van der Waals surface area contributed by atoms with Crippen molar-refractivity contribution in [3.63, 3.8) is 0 Å². The highest BCUT2D eigenvalue weighted by Gasteiger charge is 2.56. The topological polar surface area (TPSA) is 79.7 Å². The normalized spacial score (nSPS) is 23.7. The quantitative estimate of drug-likeness (QED) is 0.710. The molecule has 2 aliphatic heterocycles. The molecular formula is C19H22F4N2O4S. The van der Waals surface area contributed by atoms with Crippen LogP contribution >= 0.6 is 11.8 Å². The van der Waals surface area contributed by atoms with Gasteiger partial charge in [-0.3, -0.25) is 9.78 Å². The van der Waals surface area contributed by atoms with Crippen LogP contribution in [0.15, 0.2) is 24.4 Å². The monoisotopic (exact) mass is 450 g/mol. The number of alkyl halides is 4. The molecule has 3 heterocycles. The Morgan fingerprint density at radius 1 is 1.30 bits per heavy atom. The summed E-state index contributed by atoms with van der Waals surface area (Å²) >= 11 is 1.87. The third kappa shape index (κ3) is 5.23. The van der Waals surface area contributed by atoms with Crippen LogP contribution < -0.4 is 0 Å². The largest absolute Gasteiger partial charge is 0.490 e. The molecule has 0 bridgehead atoms. The first-order valence-corrected chi connectivity index (χ1v) is 10.5. The number of likely N-dealkylation sites (tertiary alicyclic amines) is 1. The second-order valence-electron chi connectivity index (χ2n) is 7.74. The van der Waals surface area contributed by atoms with E-state index >= 15 is 0 Å². The van der Waals surface area contributed by atoms with Crippen LogP contribution in [0.2, 0.25) is 0 Å². The van der Waals surface area contributed by atoms with E-state index in [9.17, 15) is 22.4 Å². The predicted octanol–water partition coefficient (Wildman–Crippen LogP) is 3.21. The van der Waals surface area contributed by atoms with Crippen molar-refractivity contribution in [1.29, 1.82) is 0 Å². The summed E-state index contributed by atoms with van der Waals surface area (Å²) in [6.45, 7) is 1.87. The van der Waals surface area contributed by atoms with Crippen molar-refractivity contribution in [3.8, 4) is 0 Å². The summed E-state index contributed by atoms with van der Waals surface area (Å²) in [6.07, 6.45) is -0.544. The average Bonchev–Trinajstić information content (AvgIpc) is 3.08. The van der Waals surface area contributed by atoms with Gasteiger partial charge in [0.15, 0.2) is 5.67 Å². The summed E-state index contributed by atoms with van der Waals surface area (Å²) in [5.41, 5.74) is -0.618. The van der Waals surface area contributed by atoms with Gasteiger partial charge < -0.3 is 14.7 Å². The number of carbonyl (C=O) groups excluding carboxylic acids is 1. The molecular weight excluding hydrogens is 428 g/mol. The minimum absolute atomic E-state index is 0.0878. The van der Waals surface area contributed by atoms with E-state index in [-0.39, 0.29) is 16.8 Å². The highest BCUT2D eigenvalue weighted by atomic mass is 32.2. The van der Waals surface area contributed by atoms with Gasteiger partial charge in [0.25, 0.3) is 5.91 Å². The van der Waals surface area contributed by atoms with Gasteiger partial charge in [-0.1, -0.05) is 6.07 Å².